The molecule has 7 heteroatoms. The van der Waals surface area contributed by atoms with Crippen LogP contribution in [0, 0.1) is 13.8 Å². The van der Waals surface area contributed by atoms with Gasteiger partial charge in [0, 0.05) is 41.6 Å². The molecule has 1 aliphatic rings. The predicted octanol–water partition coefficient (Wildman–Crippen LogP) is 3.19. The van der Waals surface area contributed by atoms with Crippen molar-refractivity contribution in [3.63, 3.8) is 0 Å². The van der Waals surface area contributed by atoms with Gasteiger partial charge in [-0.05, 0) is 26.0 Å². The third-order valence-corrected chi connectivity index (χ3v) is 5.16. The first-order valence-electron chi connectivity index (χ1n) is 8.24. The van der Waals surface area contributed by atoms with Crippen molar-refractivity contribution in [1.82, 2.24) is 19.9 Å². The van der Waals surface area contributed by atoms with Crippen molar-refractivity contribution >= 4 is 17.2 Å². The van der Waals surface area contributed by atoms with E-state index in [0.717, 1.165) is 46.7 Å². The van der Waals surface area contributed by atoms with Crippen LogP contribution < -0.4 is 4.90 Å². The van der Waals surface area contributed by atoms with Crippen molar-refractivity contribution in [2.24, 2.45) is 0 Å². The van der Waals surface area contributed by atoms with E-state index >= 15 is 0 Å². The number of thiazole rings is 1. The lowest BCUT2D eigenvalue weighted by Crippen LogP contribution is -2.39. The van der Waals surface area contributed by atoms with Crippen LogP contribution >= 0.6 is 11.3 Å². The molecule has 3 aromatic rings. The maximum atomic E-state index is 5.93. The molecule has 0 bridgehead atoms. The number of pyridine rings is 1. The highest BCUT2D eigenvalue weighted by Gasteiger charge is 2.25. The van der Waals surface area contributed by atoms with Crippen LogP contribution in [0.1, 0.15) is 22.6 Å². The van der Waals surface area contributed by atoms with Gasteiger partial charge >= 0.3 is 0 Å². The van der Waals surface area contributed by atoms with Crippen LogP contribution in [0.15, 0.2) is 36.0 Å². The van der Waals surface area contributed by atoms with E-state index in [1.807, 2.05) is 32.0 Å². The van der Waals surface area contributed by atoms with Gasteiger partial charge < -0.3 is 9.64 Å². The number of nitrogens with zero attached hydrogens (tertiary/aromatic N) is 5. The molecular weight excluding hydrogens is 334 g/mol. The number of hydrogen-bond donors (Lipinski definition) is 0. The topological polar surface area (TPSA) is 64.0 Å². The second-order valence-corrected chi connectivity index (χ2v) is 6.92. The van der Waals surface area contributed by atoms with E-state index in [1.54, 1.807) is 23.7 Å². The summed E-state index contributed by atoms with van der Waals surface area (Å²) in [4.78, 5) is 20.1. The smallest absolute Gasteiger partial charge is 0.133 e. The summed E-state index contributed by atoms with van der Waals surface area (Å²) in [6.07, 6.45) is 3.55. The summed E-state index contributed by atoms with van der Waals surface area (Å²) in [5.74, 6) is 1.69. The molecule has 25 heavy (non-hydrogen) atoms. The number of morpholine rings is 1. The predicted molar refractivity (Wildman–Crippen MR) is 97.8 cm³/mol. The molecule has 1 aliphatic heterocycles. The van der Waals surface area contributed by atoms with Gasteiger partial charge in [0.25, 0.3) is 0 Å². The van der Waals surface area contributed by atoms with E-state index in [2.05, 4.69) is 30.2 Å². The fourth-order valence-corrected chi connectivity index (χ4v) is 3.75. The van der Waals surface area contributed by atoms with Crippen LogP contribution in [0.4, 0.5) is 5.82 Å². The van der Waals surface area contributed by atoms with Gasteiger partial charge in [0.05, 0.1) is 18.8 Å². The zero-order valence-corrected chi connectivity index (χ0v) is 15.0. The second kappa shape index (κ2) is 6.85. The normalized spacial score (nSPS) is 17.7. The highest BCUT2D eigenvalue weighted by atomic mass is 32.1. The van der Waals surface area contributed by atoms with Crippen LogP contribution in [0.2, 0.25) is 0 Å². The van der Waals surface area contributed by atoms with Gasteiger partial charge in [-0.15, -0.1) is 11.3 Å². The maximum Gasteiger partial charge on any atom is 0.133 e. The minimum absolute atomic E-state index is 0.00732. The molecule has 0 unspecified atom stereocenters. The minimum Gasteiger partial charge on any atom is -0.367 e. The molecule has 0 N–H and O–H groups in total. The average Bonchev–Trinajstić information content (AvgIpc) is 3.08. The Bertz CT molecular complexity index is 867. The summed E-state index contributed by atoms with van der Waals surface area (Å²) >= 11 is 1.65. The first kappa shape index (κ1) is 16.1. The number of rotatable bonds is 3. The molecule has 128 valence electrons. The van der Waals surface area contributed by atoms with Crippen molar-refractivity contribution in [1.29, 1.82) is 0 Å². The Morgan fingerprint density at radius 3 is 2.76 bits per heavy atom. The molecule has 4 heterocycles. The third kappa shape index (κ3) is 3.52. The Labute approximate surface area is 150 Å². The molecule has 1 saturated heterocycles. The number of aryl methyl sites for hydroxylation is 2. The first-order valence-corrected chi connectivity index (χ1v) is 9.11. The average molecular weight is 353 g/mol. The molecular formula is C18H19N5OS. The van der Waals surface area contributed by atoms with Crippen molar-refractivity contribution in [2.45, 2.75) is 20.0 Å². The Hall–Kier alpha value is -2.38. The fraction of sp³-hybridized carbons (Fsp3) is 0.333. The zero-order chi connectivity index (χ0) is 17.2. The van der Waals surface area contributed by atoms with Gasteiger partial charge in [-0.25, -0.2) is 15.0 Å². The second-order valence-electron chi connectivity index (χ2n) is 6.03. The highest BCUT2D eigenvalue weighted by molar-refractivity contribution is 7.09. The fourth-order valence-electron chi connectivity index (χ4n) is 2.91. The maximum absolute atomic E-state index is 5.93. The van der Waals surface area contributed by atoms with Crippen LogP contribution in [-0.4, -0.2) is 39.6 Å². The van der Waals surface area contributed by atoms with E-state index in [4.69, 9.17) is 4.74 Å². The van der Waals surface area contributed by atoms with Gasteiger partial charge in [-0.2, -0.15) is 0 Å². The van der Waals surface area contributed by atoms with Crippen molar-refractivity contribution in [3.05, 3.63) is 52.5 Å². The third-order valence-electron chi connectivity index (χ3n) is 4.10. The molecule has 4 rings (SSSR count). The van der Waals surface area contributed by atoms with Crippen molar-refractivity contribution in [3.8, 4) is 11.3 Å². The molecule has 1 fully saturated rings. The summed E-state index contributed by atoms with van der Waals surface area (Å²) < 4.78 is 5.93. The summed E-state index contributed by atoms with van der Waals surface area (Å²) in [5.41, 5.74) is 3.00. The standard InChI is InChI=1S/C18H19N5OS/c1-12-11-25-18(20-12)16-10-23(7-8-24-16)17-9-15(21-13(2)22-17)14-3-5-19-6-4-14/h3-6,9,11,16H,7-8,10H2,1-2H3/t16-/m1/s1. The largest absolute Gasteiger partial charge is 0.367 e. The van der Waals surface area contributed by atoms with E-state index in [9.17, 15) is 0 Å². The Balaban J connectivity index is 1.61. The molecule has 0 saturated carbocycles. The minimum atomic E-state index is -0.00732. The van der Waals surface area contributed by atoms with Crippen LogP contribution in [0.3, 0.4) is 0 Å². The highest BCUT2D eigenvalue weighted by Crippen LogP contribution is 2.29. The molecule has 0 radical (unpaired) electrons. The monoisotopic (exact) mass is 353 g/mol. The quantitative estimate of drug-likeness (QED) is 0.720. The SMILES string of the molecule is Cc1csc([C@H]2CN(c3cc(-c4ccncc4)nc(C)n3)CCO2)n1. The van der Waals surface area contributed by atoms with E-state index in [1.165, 1.54) is 0 Å². The van der Waals surface area contributed by atoms with E-state index in [0.29, 0.717) is 6.61 Å². The van der Waals surface area contributed by atoms with Crippen LogP contribution in [-0.2, 0) is 4.74 Å². The lowest BCUT2D eigenvalue weighted by Gasteiger charge is -2.33. The number of anilines is 1. The van der Waals surface area contributed by atoms with Crippen molar-refractivity contribution in [2.75, 3.05) is 24.6 Å². The summed E-state index contributed by atoms with van der Waals surface area (Å²) in [5, 5.41) is 3.09. The Morgan fingerprint density at radius 1 is 1.16 bits per heavy atom. The van der Waals surface area contributed by atoms with Crippen molar-refractivity contribution < 1.29 is 4.74 Å². The van der Waals surface area contributed by atoms with Gasteiger partial charge in [0.15, 0.2) is 0 Å². The van der Waals surface area contributed by atoms with E-state index in [-0.39, 0.29) is 6.10 Å². The summed E-state index contributed by atoms with van der Waals surface area (Å²) in [7, 11) is 0. The Morgan fingerprint density at radius 2 is 2.00 bits per heavy atom. The first-order chi connectivity index (χ1) is 12.2. The Kier molecular flexibility index (Phi) is 4.42. The summed E-state index contributed by atoms with van der Waals surface area (Å²) in [6, 6.07) is 5.97. The van der Waals surface area contributed by atoms with Gasteiger partial charge in [0.1, 0.15) is 22.8 Å². The lowest BCUT2D eigenvalue weighted by atomic mass is 10.2. The van der Waals surface area contributed by atoms with Gasteiger partial charge in [-0.3, -0.25) is 4.98 Å². The summed E-state index contributed by atoms with van der Waals surface area (Å²) in [6.45, 7) is 6.16. The van der Waals surface area contributed by atoms with Crippen LogP contribution in [0.25, 0.3) is 11.3 Å². The molecule has 6 nitrogen and oxygen atoms in total. The molecule has 1 atom stereocenters. The van der Waals surface area contributed by atoms with Gasteiger partial charge in [-0.1, -0.05) is 0 Å². The molecule has 0 aliphatic carbocycles. The van der Waals surface area contributed by atoms with Crippen LogP contribution in [0.5, 0.6) is 0 Å². The number of aromatic nitrogens is 4. The lowest BCUT2D eigenvalue weighted by molar-refractivity contribution is 0.0393. The van der Waals surface area contributed by atoms with E-state index < -0.39 is 0 Å². The molecule has 3 aromatic heterocycles. The number of hydrogen-bond acceptors (Lipinski definition) is 7. The molecule has 0 aromatic carbocycles. The number of ether oxygens (including phenoxy) is 1. The molecule has 0 amide bonds. The molecule has 0 spiro atoms. The van der Waals surface area contributed by atoms with Gasteiger partial charge in [0.2, 0.25) is 0 Å². The zero-order valence-electron chi connectivity index (χ0n) is 14.2.